The molecule has 0 spiro atoms. The Morgan fingerprint density at radius 3 is 3.45 bits per heavy atom. The molecule has 2 aromatic heterocycles. The lowest BCUT2D eigenvalue weighted by atomic mass is 10.5. The fourth-order valence-corrected chi connectivity index (χ4v) is 1.33. The van der Waals surface area contributed by atoms with E-state index in [1.54, 1.807) is 0 Å². The van der Waals surface area contributed by atoms with Crippen LogP contribution < -0.4 is 9.47 Å². The Morgan fingerprint density at radius 2 is 2.45 bits per heavy atom. The molecule has 2 aromatic rings. The molecule has 0 unspecified atom stereocenters. The molecule has 0 saturated carbocycles. The zero-order chi connectivity index (χ0) is 7.26. The van der Waals surface area contributed by atoms with E-state index in [1.807, 2.05) is 23.0 Å². The summed E-state index contributed by atoms with van der Waals surface area (Å²) >= 11 is 0. The molecule has 0 aromatic carbocycles. The van der Waals surface area contributed by atoms with Crippen molar-refractivity contribution in [1.82, 2.24) is 9.38 Å². The molecule has 1 N–H and O–H groups in total. The van der Waals surface area contributed by atoms with Crippen molar-refractivity contribution in [1.29, 1.82) is 0 Å². The van der Waals surface area contributed by atoms with Crippen LogP contribution in [0.1, 0.15) is 0 Å². The first-order valence-electron chi connectivity index (χ1n) is 3.39. The summed E-state index contributed by atoms with van der Waals surface area (Å²) < 4.78 is 12.3. The van der Waals surface area contributed by atoms with Crippen LogP contribution in [0.5, 0.6) is 11.5 Å². The number of fused-ring (bicyclic) bond motifs is 3. The van der Waals surface area contributed by atoms with Crippen molar-refractivity contribution in [3.05, 3.63) is 18.6 Å². The topological polar surface area (TPSA) is 38.7 Å². The zero-order valence-corrected chi connectivity index (χ0v) is 5.70. The van der Waals surface area contributed by atoms with Gasteiger partial charge in [-0.25, -0.2) is 0 Å². The summed E-state index contributed by atoms with van der Waals surface area (Å²) in [7, 11) is 0. The number of hydrogen-bond donors (Lipinski definition) is 1. The third-order valence-electron chi connectivity index (χ3n) is 1.83. The van der Waals surface area contributed by atoms with Gasteiger partial charge in [-0.15, -0.1) is 0 Å². The van der Waals surface area contributed by atoms with Gasteiger partial charge in [-0.3, -0.25) is 0 Å². The predicted molar refractivity (Wildman–Crippen MR) is 37.9 cm³/mol. The average Bonchev–Trinajstić information content (AvgIpc) is 2.52. The van der Waals surface area contributed by atoms with E-state index >= 15 is 0 Å². The highest BCUT2D eigenvalue weighted by atomic mass is 16.7. The smallest absolute Gasteiger partial charge is 0.231 e. The number of nitrogens with zero attached hydrogens (tertiary/aromatic N) is 1. The summed E-state index contributed by atoms with van der Waals surface area (Å²) in [5.74, 6) is 1.63. The molecule has 56 valence electrons. The molecule has 0 saturated heterocycles. The second-order valence-electron chi connectivity index (χ2n) is 2.44. The van der Waals surface area contributed by atoms with Crippen LogP contribution in [0.4, 0.5) is 0 Å². The van der Waals surface area contributed by atoms with Crippen molar-refractivity contribution >= 4 is 5.65 Å². The minimum absolute atomic E-state index is 0.334. The maximum Gasteiger partial charge on any atom is 0.231 e. The van der Waals surface area contributed by atoms with E-state index in [4.69, 9.17) is 9.47 Å². The number of aromatic nitrogens is 2. The van der Waals surface area contributed by atoms with Crippen LogP contribution >= 0.6 is 0 Å². The van der Waals surface area contributed by atoms with Gasteiger partial charge in [0.25, 0.3) is 0 Å². The van der Waals surface area contributed by atoms with Crippen molar-refractivity contribution in [2.45, 2.75) is 0 Å². The van der Waals surface area contributed by atoms with Crippen molar-refractivity contribution in [2.24, 2.45) is 0 Å². The zero-order valence-electron chi connectivity index (χ0n) is 5.70. The van der Waals surface area contributed by atoms with Crippen molar-refractivity contribution < 1.29 is 9.47 Å². The molecule has 0 amide bonds. The Bertz CT molecular complexity index is 401. The number of hydrogen-bond acceptors (Lipinski definition) is 2. The molecule has 4 heteroatoms. The van der Waals surface area contributed by atoms with Crippen LogP contribution in [0.15, 0.2) is 18.6 Å². The highest BCUT2D eigenvalue weighted by Crippen LogP contribution is 2.36. The highest BCUT2D eigenvalue weighted by molar-refractivity contribution is 5.64. The average molecular weight is 150 g/mol. The third-order valence-corrected chi connectivity index (χ3v) is 1.83. The number of ether oxygens (including phenoxy) is 2. The minimum Gasteiger partial charge on any atom is -0.452 e. The summed E-state index contributed by atoms with van der Waals surface area (Å²) in [5.41, 5.74) is 0.956. The monoisotopic (exact) mass is 150 g/mol. The van der Waals surface area contributed by atoms with Crippen molar-refractivity contribution in [2.75, 3.05) is 6.79 Å². The molecular weight excluding hydrogens is 144 g/mol. The Labute approximate surface area is 62.3 Å². The molecule has 0 fully saturated rings. The van der Waals surface area contributed by atoms with E-state index in [-0.39, 0.29) is 0 Å². The van der Waals surface area contributed by atoms with Gasteiger partial charge in [0.15, 0.2) is 11.4 Å². The molecule has 0 bridgehead atoms. The second-order valence-corrected chi connectivity index (χ2v) is 2.44. The number of nitrogens with one attached hydrogen (secondary N) is 1. The number of rotatable bonds is 0. The molecule has 1 aliphatic heterocycles. The van der Waals surface area contributed by atoms with Crippen LogP contribution in [-0.4, -0.2) is 16.2 Å². The molecule has 3 heterocycles. The van der Waals surface area contributed by atoms with Gasteiger partial charge >= 0.3 is 0 Å². The van der Waals surface area contributed by atoms with Gasteiger partial charge in [0, 0.05) is 12.4 Å². The Hall–Kier alpha value is -1.58. The van der Waals surface area contributed by atoms with Crippen LogP contribution in [0.2, 0.25) is 0 Å². The van der Waals surface area contributed by atoms with Crippen molar-refractivity contribution in [3.8, 4) is 11.5 Å². The van der Waals surface area contributed by atoms with Crippen LogP contribution in [0.3, 0.4) is 0 Å². The first-order chi connectivity index (χ1) is 5.45. The standard InChI is InChI=1S/C7H6N2O2/c1-2-9-3-5-6(7(9)8-1)11-4-10-5/h1-3,8H,4H2. The fraction of sp³-hybridized carbons (Fsp3) is 0.143. The molecule has 1 aliphatic rings. The van der Waals surface area contributed by atoms with Gasteiger partial charge in [0.2, 0.25) is 12.5 Å². The number of aromatic amines is 1. The maximum atomic E-state index is 5.24. The van der Waals surface area contributed by atoms with Gasteiger partial charge in [-0.05, 0) is 0 Å². The number of H-pyrrole nitrogens is 1. The molecule has 4 nitrogen and oxygen atoms in total. The first kappa shape index (κ1) is 5.12. The first-order valence-corrected chi connectivity index (χ1v) is 3.39. The quantitative estimate of drug-likeness (QED) is 0.608. The SMILES string of the molecule is c1cn2cc3c(c2[nH]1)OCO3. The van der Waals surface area contributed by atoms with Gasteiger partial charge in [0.1, 0.15) is 0 Å². The lowest BCUT2D eigenvalue weighted by Crippen LogP contribution is -1.95. The molecule has 11 heavy (non-hydrogen) atoms. The van der Waals surface area contributed by atoms with Crippen LogP contribution in [0.25, 0.3) is 5.65 Å². The van der Waals surface area contributed by atoms with E-state index in [0.717, 1.165) is 17.1 Å². The maximum absolute atomic E-state index is 5.24. The lowest BCUT2D eigenvalue weighted by molar-refractivity contribution is 0.173. The van der Waals surface area contributed by atoms with E-state index in [1.165, 1.54) is 0 Å². The molecule has 0 atom stereocenters. The van der Waals surface area contributed by atoms with Gasteiger partial charge < -0.3 is 18.9 Å². The van der Waals surface area contributed by atoms with Gasteiger partial charge in [-0.1, -0.05) is 0 Å². The molecular formula is C7H6N2O2. The molecule has 0 aliphatic carbocycles. The molecule has 3 rings (SSSR count). The lowest BCUT2D eigenvalue weighted by Gasteiger charge is -1.90. The van der Waals surface area contributed by atoms with E-state index in [9.17, 15) is 0 Å². The predicted octanol–water partition coefficient (Wildman–Crippen LogP) is 0.996. The highest BCUT2D eigenvalue weighted by Gasteiger charge is 2.19. The van der Waals surface area contributed by atoms with Gasteiger partial charge in [-0.2, -0.15) is 0 Å². The van der Waals surface area contributed by atoms with E-state index in [0.29, 0.717) is 6.79 Å². The summed E-state index contributed by atoms with van der Waals surface area (Å²) in [6.07, 6.45) is 5.67. The van der Waals surface area contributed by atoms with Crippen LogP contribution in [0, 0.1) is 0 Å². The molecule has 0 radical (unpaired) electrons. The third kappa shape index (κ3) is 0.497. The Balaban J connectivity index is 2.46. The minimum atomic E-state index is 0.334. The normalized spacial score (nSPS) is 14.5. The fourth-order valence-electron chi connectivity index (χ4n) is 1.33. The van der Waals surface area contributed by atoms with Crippen molar-refractivity contribution in [3.63, 3.8) is 0 Å². The van der Waals surface area contributed by atoms with Gasteiger partial charge in [0.05, 0.1) is 6.20 Å². The number of imidazole rings is 1. The summed E-state index contributed by atoms with van der Waals surface area (Å²) in [4.78, 5) is 3.06. The second kappa shape index (κ2) is 1.53. The summed E-state index contributed by atoms with van der Waals surface area (Å²) in [6.45, 7) is 0.334. The largest absolute Gasteiger partial charge is 0.452 e. The summed E-state index contributed by atoms with van der Waals surface area (Å²) in [5, 5.41) is 0. The van der Waals surface area contributed by atoms with Crippen LogP contribution in [-0.2, 0) is 0 Å². The van der Waals surface area contributed by atoms with E-state index < -0.39 is 0 Å². The Kier molecular flexibility index (Phi) is 0.711. The Morgan fingerprint density at radius 1 is 1.45 bits per heavy atom. The summed E-state index contributed by atoms with van der Waals surface area (Å²) in [6, 6.07) is 0. The van der Waals surface area contributed by atoms with E-state index in [2.05, 4.69) is 4.98 Å².